The van der Waals surface area contributed by atoms with Gasteiger partial charge in [-0.05, 0) is 41.3 Å². The largest absolute Gasteiger partial charge is 0.488 e. The van der Waals surface area contributed by atoms with Gasteiger partial charge in [-0.25, -0.2) is 4.39 Å². The van der Waals surface area contributed by atoms with Gasteiger partial charge < -0.3 is 29.5 Å². The van der Waals surface area contributed by atoms with Gasteiger partial charge in [-0.3, -0.25) is 0 Å². The van der Waals surface area contributed by atoms with Crippen molar-refractivity contribution in [1.29, 1.82) is 0 Å². The molecule has 4 rings (SSSR count). The van der Waals surface area contributed by atoms with E-state index in [1.54, 1.807) is 18.2 Å². The molecule has 1 unspecified atom stereocenters. The number of benzene rings is 2. The molecule has 6 nitrogen and oxygen atoms in total. The summed E-state index contributed by atoms with van der Waals surface area (Å²) in [4.78, 5) is 0. The Labute approximate surface area is 185 Å². The quantitative estimate of drug-likeness (QED) is 0.625. The number of aliphatic hydroxyl groups excluding tert-OH is 3. The molecule has 0 aromatic heterocycles. The monoisotopic (exact) mass is 451 g/mol. The first-order chi connectivity index (χ1) is 15.0. The van der Waals surface area contributed by atoms with Gasteiger partial charge in [-0.1, -0.05) is 35.9 Å². The lowest BCUT2D eigenvalue weighted by molar-refractivity contribution is -0.214. The van der Waals surface area contributed by atoms with Crippen molar-refractivity contribution in [2.45, 2.75) is 49.5 Å². The molecule has 2 saturated heterocycles. The van der Waals surface area contributed by atoms with Gasteiger partial charge in [0, 0.05) is 11.4 Å². The highest BCUT2D eigenvalue weighted by Crippen LogP contribution is 2.35. The Morgan fingerprint density at radius 3 is 2.55 bits per heavy atom. The Balaban J connectivity index is 1.49. The van der Waals surface area contributed by atoms with E-state index in [0.29, 0.717) is 23.6 Å². The molecule has 2 aliphatic rings. The molecule has 2 aromatic rings. The Bertz CT molecular complexity index is 871. The van der Waals surface area contributed by atoms with Crippen LogP contribution < -0.4 is 4.74 Å². The zero-order valence-corrected chi connectivity index (χ0v) is 17.6. The fraction of sp³-hybridized carbons (Fsp3) is 0.478. The van der Waals surface area contributed by atoms with Gasteiger partial charge in [0.25, 0.3) is 0 Å². The minimum Gasteiger partial charge on any atom is -0.488 e. The lowest BCUT2D eigenvalue weighted by Crippen LogP contribution is -2.53. The van der Waals surface area contributed by atoms with E-state index in [9.17, 15) is 19.7 Å². The molecular weight excluding hydrogens is 426 g/mol. The highest BCUT2D eigenvalue weighted by atomic mass is 35.5. The van der Waals surface area contributed by atoms with E-state index in [2.05, 4.69) is 0 Å². The van der Waals surface area contributed by atoms with Crippen molar-refractivity contribution in [3.8, 4) is 5.75 Å². The molecule has 6 atom stereocenters. The molecule has 0 saturated carbocycles. The fourth-order valence-electron chi connectivity index (χ4n) is 3.96. The first-order valence-corrected chi connectivity index (χ1v) is 10.7. The van der Waals surface area contributed by atoms with Crippen LogP contribution in [-0.4, -0.2) is 65.7 Å². The molecule has 2 heterocycles. The van der Waals surface area contributed by atoms with Crippen molar-refractivity contribution in [1.82, 2.24) is 0 Å². The SMILES string of the molecule is OC[C@H]1O[C@@H](c2ccc(Cl)c(Cc3ccc(OC4CCOC4)cc3)c2)[C@H](O)[C@@H](O)[C@@H]1[18F]. The third-order valence-corrected chi connectivity index (χ3v) is 6.12. The summed E-state index contributed by atoms with van der Waals surface area (Å²) in [5, 5.41) is 30.2. The average Bonchev–Trinajstić information content (AvgIpc) is 3.28. The van der Waals surface area contributed by atoms with E-state index in [1.165, 1.54) is 0 Å². The molecule has 0 aliphatic carbocycles. The maximum absolute atomic E-state index is 14.0. The van der Waals surface area contributed by atoms with E-state index in [0.717, 1.165) is 29.9 Å². The van der Waals surface area contributed by atoms with E-state index < -0.39 is 37.2 Å². The molecule has 0 amide bonds. The maximum atomic E-state index is 14.0. The number of hydrogen-bond donors (Lipinski definition) is 3. The van der Waals surface area contributed by atoms with Gasteiger partial charge in [-0.15, -0.1) is 0 Å². The van der Waals surface area contributed by atoms with Crippen LogP contribution >= 0.6 is 11.6 Å². The van der Waals surface area contributed by atoms with Crippen molar-refractivity contribution in [2.75, 3.05) is 19.8 Å². The predicted molar refractivity (Wildman–Crippen MR) is 112 cm³/mol. The zero-order chi connectivity index (χ0) is 22.0. The highest BCUT2D eigenvalue weighted by Gasteiger charge is 2.45. The molecule has 0 radical (unpaired) electrons. The van der Waals surface area contributed by atoms with Gasteiger partial charge in [0.05, 0.1) is 19.8 Å². The van der Waals surface area contributed by atoms with Crippen LogP contribution in [0.2, 0.25) is 5.02 Å². The predicted octanol–water partition coefficient (Wildman–Crippen LogP) is 2.59. The first-order valence-electron chi connectivity index (χ1n) is 10.3. The number of alkyl halides is 1. The Morgan fingerprint density at radius 1 is 1.10 bits per heavy atom. The fourth-order valence-corrected chi connectivity index (χ4v) is 4.15. The topological polar surface area (TPSA) is 88.4 Å². The summed E-state index contributed by atoms with van der Waals surface area (Å²) in [7, 11) is 0. The minimum atomic E-state index is -1.86. The standard InChI is InChI=1S/C23H26ClFO6/c24-18-6-3-14(23-22(28)21(27)20(25)19(11-26)31-23)10-15(18)9-13-1-4-16(5-2-13)30-17-7-8-29-12-17/h1-6,10,17,19-23,26-28H,7-9,11-12H2/t17?,19-,20-,21+,22-,23+/m1/s1/i25-1. The molecule has 0 spiro atoms. The third kappa shape index (κ3) is 5.03. The number of ether oxygens (including phenoxy) is 3. The van der Waals surface area contributed by atoms with Gasteiger partial charge in [0.2, 0.25) is 0 Å². The van der Waals surface area contributed by atoms with Crippen LogP contribution in [0.4, 0.5) is 4.39 Å². The number of rotatable bonds is 6. The summed E-state index contributed by atoms with van der Waals surface area (Å²) in [6.45, 7) is 0.733. The summed E-state index contributed by atoms with van der Waals surface area (Å²) in [5.41, 5.74) is 2.36. The lowest BCUT2D eigenvalue weighted by atomic mass is 9.90. The summed E-state index contributed by atoms with van der Waals surface area (Å²) >= 11 is 6.38. The second-order valence-electron chi connectivity index (χ2n) is 7.98. The maximum Gasteiger partial charge on any atom is 0.157 e. The van der Waals surface area contributed by atoms with E-state index in [1.807, 2.05) is 24.3 Å². The molecule has 8 heteroatoms. The number of hydrogen-bond acceptors (Lipinski definition) is 6. The molecule has 2 aliphatic heterocycles. The molecule has 168 valence electrons. The van der Waals surface area contributed by atoms with Crippen molar-refractivity contribution in [3.63, 3.8) is 0 Å². The number of halogens is 2. The van der Waals surface area contributed by atoms with Gasteiger partial charge >= 0.3 is 0 Å². The molecule has 2 aromatic carbocycles. The van der Waals surface area contributed by atoms with Gasteiger partial charge in [0.15, 0.2) is 6.17 Å². The molecule has 31 heavy (non-hydrogen) atoms. The van der Waals surface area contributed by atoms with Crippen LogP contribution in [0.25, 0.3) is 0 Å². The van der Waals surface area contributed by atoms with Crippen LogP contribution in [0.1, 0.15) is 29.2 Å². The van der Waals surface area contributed by atoms with Crippen LogP contribution in [0.15, 0.2) is 42.5 Å². The lowest BCUT2D eigenvalue weighted by Gasteiger charge is -2.39. The Kier molecular flexibility index (Phi) is 7.11. The summed E-state index contributed by atoms with van der Waals surface area (Å²) in [6, 6.07) is 12.8. The molecule has 2 fully saturated rings. The second-order valence-corrected chi connectivity index (χ2v) is 8.39. The molecule has 3 N–H and O–H groups in total. The van der Waals surface area contributed by atoms with Crippen LogP contribution in [0, 0.1) is 0 Å². The van der Waals surface area contributed by atoms with Crippen molar-refractivity contribution in [2.24, 2.45) is 0 Å². The first kappa shape index (κ1) is 22.5. The average molecular weight is 452 g/mol. The third-order valence-electron chi connectivity index (χ3n) is 5.75. The van der Waals surface area contributed by atoms with E-state index >= 15 is 0 Å². The van der Waals surface area contributed by atoms with Crippen molar-refractivity contribution < 1.29 is 33.9 Å². The van der Waals surface area contributed by atoms with Crippen molar-refractivity contribution >= 4 is 11.6 Å². The summed E-state index contributed by atoms with van der Waals surface area (Å²) < 4.78 is 30.8. The minimum absolute atomic E-state index is 0.0842. The highest BCUT2D eigenvalue weighted by molar-refractivity contribution is 6.31. The smallest absolute Gasteiger partial charge is 0.157 e. The van der Waals surface area contributed by atoms with Crippen molar-refractivity contribution in [3.05, 3.63) is 64.2 Å². The van der Waals surface area contributed by atoms with Crippen LogP contribution in [-0.2, 0) is 15.9 Å². The normalized spacial score (nSPS) is 31.0. The summed E-state index contributed by atoms with van der Waals surface area (Å²) in [6.07, 6.45) is -5.65. The van der Waals surface area contributed by atoms with E-state index in [-0.39, 0.29) is 6.10 Å². The van der Waals surface area contributed by atoms with E-state index in [4.69, 9.17) is 25.8 Å². The van der Waals surface area contributed by atoms with Gasteiger partial charge in [0.1, 0.15) is 36.3 Å². The number of aliphatic hydroxyl groups is 3. The molecule has 0 bridgehead atoms. The molecular formula is C23H26ClFO6. The van der Waals surface area contributed by atoms with Gasteiger partial charge in [-0.2, -0.15) is 0 Å². The van der Waals surface area contributed by atoms with Crippen LogP contribution in [0.5, 0.6) is 5.75 Å². The Morgan fingerprint density at radius 2 is 1.87 bits per heavy atom. The summed E-state index contributed by atoms with van der Waals surface area (Å²) in [5.74, 6) is 0.780. The Hall–Kier alpha value is -1.74. The second kappa shape index (κ2) is 9.81. The van der Waals surface area contributed by atoms with Crippen LogP contribution in [0.3, 0.4) is 0 Å². The zero-order valence-electron chi connectivity index (χ0n) is 16.9.